The Hall–Kier alpha value is -3.52. The fourth-order valence-corrected chi connectivity index (χ4v) is 8.58. The minimum Gasteiger partial charge on any atom is -0.462 e. The first-order valence-electron chi connectivity index (χ1n) is 15.2. The molecule has 3 aliphatic carbocycles. The quantitative estimate of drug-likeness (QED) is 0.249. The molecule has 1 N–H and O–H groups in total. The molecule has 0 radical (unpaired) electrons. The highest BCUT2D eigenvalue weighted by atomic mass is 16.6. The molecule has 46 heavy (non-hydrogen) atoms. The number of hydrogen-bond donors (Lipinski definition) is 1. The fraction of sp³-hybridized carbons (Fsp3) is 0.750. The summed E-state index contributed by atoms with van der Waals surface area (Å²) in [4.78, 5) is 76.5. The smallest absolute Gasteiger partial charge is 0.303 e. The Morgan fingerprint density at radius 3 is 1.72 bits per heavy atom. The first kappa shape index (κ1) is 35.3. The molecule has 0 aromatic heterocycles. The maximum Gasteiger partial charge on any atom is 0.303 e. The molecule has 256 valence electrons. The summed E-state index contributed by atoms with van der Waals surface area (Å²) in [5, 5.41) is 13.1. The number of hydrogen-bond acceptors (Lipinski definition) is 14. The summed E-state index contributed by atoms with van der Waals surface area (Å²) in [6.45, 7) is 13.4. The third-order valence-corrected chi connectivity index (χ3v) is 10.3. The van der Waals surface area contributed by atoms with Crippen LogP contribution in [0.25, 0.3) is 0 Å². The lowest BCUT2D eigenvalue weighted by atomic mass is 9.44. The van der Waals surface area contributed by atoms with E-state index in [1.807, 2.05) is 0 Å². The van der Waals surface area contributed by atoms with Gasteiger partial charge in [-0.3, -0.25) is 28.8 Å². The third-order valence-electron chi connectivity index (χ3n) is 10.3. The lowest BCUT2D eigenvalue weighted by molar-refractivity contribution is -0.366. The minimum absolute atomic E-state index is 0.0485. The van der Waals surface area contributed by atoms with E-state index in [1.165, 1.54) is 20.8 Å². The maximum atomic E-state index is 13.1. The summed E-state index contributed by atoms with van der Waals surface area (Å²) in [5.74, 6) is -5.77. The van der Waals surface area contributed by atoms with Gasteiger partial charge in [-0.1, -0.05) is 20.8 Å². The number of esters is 6. The van der Waals surface area contributed by atoms with Gasteiger partial charge < -0.3 is 38.3 Å². The summed E-state index contributed by atoms with van der Waals surface area (Å²) < 4.78 is 41.6. The van der Waals surface area contributed by atoms with E-state index in [1.54, 1.807) is 27.7 Å². The lowest BCUT2D eigenvalue weighted by Gasteiger charge is -2.69. The Morgan fingerprint density at radius 1 is 0.739 bits per heavy atom. The second-order valence-corrected chi connectivity index (χ2v) is 13.6. The van der Waals surface area contributed by atoms with Crippen molar-refractivity contribution in [1.82, 2.24) is 0 Å². The SMILES string of the molecule is CC(=O)OC1CC2(O)C(OC(C)=O)C3C4(OC(C)=O)COC4CC(OC(C)=O)C3(C)C(OC(C)=O)C(OC(C)=O)C(=C1C)C2(C)C. The number of carbonyl (C=O) groups is 6. The standard InChI is InChI=1S/C32H44O14/c1-14-21(41-15(2)33)12-32(39)28(45-19(6)37)26-30(10,22(42-16(3)34)11-23-31(26,13-40-23)46-20(7)38)27(44-18(5)36)25(43-17(4)35)24(14)29(32,8)9/h21-23,25-28,39H,11-13H2,1-10H3. The molecule has 14 heteroatoms. The molecule has 0 amide bonds. The van der Waals surface area contributed by atoms with Crippen molar-refractivity contribution >= 4 is 35.8 Å². The monoisotopic (exact) mass is 652 g/mol. The van der Waals surface area contributed by atoms with E-state index in [0.717, 1.165) is 20.8 Å². The molecule has 0 aromatic carbocycles. The van der Waals surface area contributed by atoms with Crippen LogP contribution in [-0.2, 0) is 61.9 Å². The van der Waals surface area contributed by atoms with E-state index >= 15 is 0 Å². The van der Waals surface area contributed by atoms with Gasteiger partial charge in [0, 0.05) is 59.8 Å². The molecule has 2 bridgehead atoms. The van der Waals surface area contributed by atoms with Crippen molar-refractivity contribution in [3.8, 4) is 0 Å². The maximum absolute atomic E-state index is 13.1. The molecule has 14 nitrogen and oxygen atoms in total. The predicted octanol–water partition coefficient (Wildman–Crippen LogP) is 1.86. The van der Waals surface area contributed by atoms with Crippen LogP contribution in [0.1, 0.15) is 82.1 Å². The number of rotatable bonds is 6. The zero-order chi connectivity index (χ0) is 34.7. The van der Waals surface area contributed by atoms with Gasteiger partial charge in [-0.15, -0.1) is 0 Å². The second kappa shape index (κ2) is 11.9. The summed E-state index contributed by atoms with van der Waals surface area (Å²) in [5.41, 5.74) is -6.19. The second-order valence-electron chi connectivity index (χ2n) is 13.6. The van der Waals surface area contributed by atoms with Gasteiger partial charge in [-0.2, -0.15) is 0 Å². The van der Waals surface area contributed by atoms with E-state index in [-0.39, 0.29) is 25.0 Å². The van der Waals surface area contributed by atoms with Gasteiger partial charge in [0.15, 0.2) is 17.8 Å². The van der Waals surface area contributed by atoms with Crippen LogP contribution in [0.2, 0.25) is 0 Å². The van der Waals surface area contributed by atoms with Crippen molar-refractivity contribution in [2.24, 2.45) is 16.7 Å². The Kier molecular flexibility index (Phi) is 9.16. The van der Waals surface area contributed by atoms with Gasteiger partial charge in [0.1, 0.15) is 30.0 Å². The molecule has 0 spiro atoms. The molecule has 4 rings (SSSR count). The van der Waals surface area contributed by atoms with Gasteiger partial charge >= 0.3 is 35.8 Å². The van der Waals surface area contributed by atoms with Crippen molar-refractivity contribution in [3.63, 3.8) is 0 Å². The average Bonchev–Trinajstić information content (AvgIpc) is 2.87. The van der Waals surface area contributed by atoms with Crippen molar-refractivity contribution in [1.29, 1.82) is 0 Å². The predicted molar refractivity (Wildman–Crippen MR) is 154 cm³/mol. The largest absolute Gasteiger partial charge is 0.462 e. The number of fused-ring (bicyclic) bond motifs is 5. The molecule has 2 saturated carbocycles. The molecule has 1 saturated heterocycles. The van der Waals surface area contributed by atoms with Gasteiger partial charge in [0.05, 0.1) is 17.9 Å². The molecular weight excluding hydrogens is 608 g/mol. The molecular formula is C32H44O14. The van der Waals surface area contributed by atoms with E-state index in [2.05, 4.69) is 0 Å². The molecule has 4 aliphatic rings. The van der Waals surface area contributed by atoms with Crippen LogP contribution >= 0.6 is 0 Å². The van der Waals surface area contributed by atoms with Crippen LogP contribution in [-0.4, -0.2) is 95.4 Å². The Balaban J connectivity index is 2.23. The van der Waals surface area contributed by atoms with E-state index in [4.69, 9.17) is 33.2 Å². The van der Waals surface area contributed by atoms with E-state index < -0.39 is 100 Å². The first-order chi connectivity index (χ1) is 21.1. The molecule has 10 unspecified atom stereocenters. The van der Waals surface area contributed by atoms with Gasteiger partial charge in [-0.25, -0.2) is 0 Å². The number of ether oxygens (including phenoxy) is 7. The summed E-state index contributed by atoms with van der Waals surface area (Å²) in [6, 6.07) is 0. The first-order valence-corrected chi connectivity index (χ1v) is 15.2. The van der Waals surface area contributed by atoms with Gasteiger partial charge in [-0.05, 0) is 18.1 Å². The van der Waals surface area contributed by atoms with E-state index in [9.17, 15) is 33.9 Å². The Labute approximate surface area is 267 Å². The number of carbonyl (C=O) groups excluding carboxylic acids is 6. The van der Waals surface area contributed by atoms with Crippen LogP contribution in [0.3, 0.4) is 0 Å². The third kappa shape index (κ3) is 5.46. The lowest BCUT2D eigenvalue weighted by Crippen LogP contribution is -2.82. The van der Waals surface area contributed by atoms with Crippen LogP contribution in [0, 0.1) is 16.7 Å². The summed E-state index contributed by atoms with van der Waals surface area (Å²) in [6.07, 6.45) is -8.02. The Bertz CT molecular complexity index is 1370. The molecule has 1 heterocycles. The normalized spacial score (nSPS) is 39.1. The summed E-state index contributed by atoms with van der Waals surface area (Å²) >= 11 is 0. The van der Waals surface area contributed by atoms with Crippen molar-refractivity contribution in [3.05, 3.63) is 11.1 Å². The highest BCUT2D eigenvalue weighted by Gasteiger charge is 2.79. The zero-order valence-corrected chi connectivity index (χ0v) is 27.9. The van der Waals surface area contributed by atoms with Crippen molar-refractivity contribution in [2.75, 3.05) is 6.61 Å². The van der Waals surface area contributed by atoms with Crippen LogP contribution < -0.4 is 0 Å². The average molecular weight is 653 g/mol. The van der Waals surface area contributed by atoms with Gasteiger partial charge in [0.25, 0.3) is 0 Å². The van der Waals surface area contributed by atoms with Gasteiger partial charge in [0.2, 0.25) is 0 Å². The topological polar surface area (TPSA) is 187 Å². The molecule has 3 fully saturated rings. The molecule has 10 atom stereocenters. The zero-order valence-electron chi connectivity index (χ0n) is 27.9. The molecule has 1 aliphatic heterocycles. The van der Waals surface area contributed by atoms with E-state index in [0.29, 0.717) is 5.57 Å². The fourth-order valence-electron chi connectivity index (χ4n) is 8.58. The highest BCUT2D eigenvalue weighted by Crippen LogP contribution is 2.66. The molecule has 0 aromatic rings. The Morgan fingerprint density at radius 2 is 1.26 bits per heavy atom. The van der Waals surface area contributed by atoms with Crippen molar-refractivity contribution < 1.29 is 67.0 Å². The number of aliphatic hydroxyl groups is 1. The summed E-state index contributed by atoms with van der Waals surface area (Å²) in [7, 11) is 0. The van der Waals surface area contributed by atoms with Crippen LogP contribution in [0.15, 0.2) is 11.1 Å². The van der Waals surface area contributed by atoms with Crippen molar-refractivity contribution in [2.45, 2.75) is 130 Å². The minimum atomic E-state index is -2.12. The van der Waals surface area contributed by atoms with Crippen LogP contribution in [0.5, 0.6) is 0 Å². The highest BCUT2D eigenvalue weighted by molar-refractivity contribution is 5.70. The van der Waals surface area contributed by atoms with Crippen LogP contribution in [0.4, 0.5) is 0 Å².